The monoisotopic (exact) mass is 848 g/mol. The van der Waals surface area contributed by atoms with Crippen LogP contribution in [0.4, 0.5) is 25.8 Å². The molecule has 5 aliphatic heterocycles. The molecule has 4 amide bonds. The number of carbonyl (C=O) groups is 4. The molecule has 2 N–H and O–H groups in total. The molecule has 0 saturated carbocycles. The lowest BCUT2D eigenvalue weighted by molar-refractivity contribution is -0.136. The molecule has 1 atom stereocenters. The Balaban J connectivity index is 0.761. The quantitative estimate of drug-likeness (QED) is 0.196. The van der Waals surface area contributed by atoms with E-state index in [1.807, 2.05) is 24.3 Å². The molecule has 0 spiro atoms. The second-order valence-corrected chi connectivity index (χ2v) is 17.3. The molecule has 1 unspecified atom stereocenters. The molecule has 0 aliphatic carbocycles. The molecule has 2 aromatic carbocycles. The predicted octanol–water partition coefficient (Wildman–Crippen LogP) is 4.03. The molecular weight excluding hydrogens is 799 g/mol. The first kappa shape index (κ1) is 40.1. The van der Waals surface area contributed by atoms with E-state index >= 15 is 0 Å². The fourth-order valence-electron chi connectivity index (χ4n) is 10.0. The van der Waals surface area contributed by atoms with Gasteiger partial charge in [-0.15, -0.1) is 0 Å². The van der Waals surface area contributed by atoms with E-state index in [-0.39, 0.29) is 36.7 Å². The number of alkyl halides is 2. The SMILES string of the molecule is O=C1CCC(N2Cc3cc(N4CCC(CN5CCC(n6cc7cc(NC(=O)c8cnn9cccnc89)c(N8CCN(CC(F)F)CC8)cc7n6)CC5)CC4)ccc3C2=O)C(=O)N1. The van der Waals surface area contributed by atoms with E-state index in [1.54, 1.807) is 32.8 Å². The smallest absolute Gasteiger partial charge is 0.261 e. The molecule has 324 valence electrons. The van der Waals surface area contributed by atoms with Crippen molar-refractivity contribution in [3.05, 3.63) is 77.9 Å². The van der Waals surface area contributed by atoms with E-state index in [4.69, 9.17) is 5.10 Å². The first-order valence-electron chi connectivity index (χ1n) is 21.8. The van der Waals surface area contributed by atoms with Crippen molar-refractivity contribution in [1.82, 2.24) is 44.4 Å². The van der Waals surface area contributed by atoms with E-state index in [0.717, 1.165) is 86.2 Å². The van der Waals surface area contributed by atoms with Crippen molar-refractivity contribution in [3.63, 3.8) is 0 Å². The number of aromatic nitrogens is 5. The van der Waals surface area contributed by atoms with E-state index < -0.39 is 18.4 Å². The van der Waals surface area contributed by atoms with Gasteiger partial charge in [-0.2, -0.15) is 10.2 Å². The van der Waals surface area contributed by atoms with Gasteiger partial charge in [0.15, 0.2) is 5.65 Å². The topological polar surface area (TPSA) is 157 Å². The highest BCUT2D eigenvalue weighted by Crippen LogP contribution is 2.36. The zero-order chi connectivity index (χ0) is 42.5. The van der Waals surface area contributed by atoms with Crippen molar-refractivity contribution >= 4 is 57.2 Å². The number of carbonyl (C=O) groups excluding carboxylic acids is 4. The van der Waals surface area contributed by atoms with Gasteiger partial charge in [0, 0.05) is 107 Å². The van der Waals surface area contributed by atoms with E-state index in [1.165, 1.54) is 6.20 Å². The first-order chi connectivity index (χ1) is 30.1. The van der Waals surface area contributed by atoms with Gasteiger partial charge in [0.2, 0.25) is 11.8 Å². The maximum Gasteiger partial charge on any atom is 0.261 e. The van der Waals surface area contributed by atoms with E-state index in [2.05, 4.69) is 52.4 Å². The number of benzene rings is 2. The molecule has 0 radical (unpaired) electrons. The number of nitrogens with zero attached hydrogens (tertiary/aromatic N) is 10. The third-order valence-electron chi connectivity index (χ3n) is 13.5. The summed E-state index contributed by atoms with van der Waals surface area (Å²) in [6.07, 6.45) is 9.26. The van der Waals surface area contributed by atoms with Crippen LogP contribution in [0.2, 0.25) is 0 Å². The Hall–Kier alpha value is -6.01. The van der Waals surface area contributed by atoms with Crippen LogP contribution in [0.25, 0.3) is 16.6 Å². The Morgan fingerprint density at radius 1 is 0.903 bits per heavy atom. The minimum atomic E-state index is -2.39. The lowest BCUT2D eigenvalue weighted by Gasteiger charge is -2.38. The zero-order valence-electron chi connectivity index (χ0n) is 34.5. The van der Waals surface area contributed by atoms with Gasteiger partial charge in [0.25, 0.3) is 18.2 Å². The number of anilines is 3. The lowest BCUT2D eigenvalue weighted by atomic mass is 9.94. The van der Waals surface area contributed by atoms with Crippen molar-refractivity contribution in [2.75, 3.05) is 80.6 Å². The van der Waals surface area contributed by atoms with Crippen molar-refractivity contribution < 1.29 is 28.0 Å². The molecule has 5 aliphatic rings. The second kappa shape index (κ2) is 16.7. The van der Waals surface area contributed by atoms with E-state index in [0.29, 0.717) is 67.5 Å². The summed E-state index contributed by atoms with van der Waals surface area (Å²) in [5.74, 6) is -0.568. The third kappa shape index (κ3) is 7.96. The molecule has 62 heavy (non-hydrogen) atoms. The Bertz CT molecular complexity index is 2520. The number of hydrogen-bond donors (Lipinski definition) is 2. The Morgan fingerprint density at radius 2 is 1.71 bits per heavy atom. The summed E-state index contributed by atoms with van der Waals surface area (Å²) in [6, 6.07) is 11.4. The minimum absolute atomic E-state index is 0.148. The number of piperazine rings is 1. The van der Waals surface area contributed by atoms with Crippen molar-refractivity contribution in [2.45, 2.75) is 63.6 Å². The fourth-order valence-corrected chi connectivity index (χ4v) is 10.0. The van der Waals surface area contributed by atoms with Crippen molar-refractivity contribution in [1.29, 1.82) is 0 Å². The Morgan fingerprint density at radius 3 is 2.48 bits per heavy atom. The number of amides is 4. The number of hydrogen-bond acceptors (Lipinski definition) is 11. The average molecular weight is 849 g/mol. The van der Waals surface area contributed by atoms with Gasteiger partial charge in [-0.1, -0.05) is 0 Å². The molecule has 16 nitrogen and oxygen atoms in total. The summed E-state index contributed by atoms with van der Waals surface area (Å²) in [6.45, 7) is 7.09. The number of piperidine rings is 3. The van der Waals surface area contributed by atoms with Crippen LogP contribution in [0.1, 0.15) is 70.8 Å². The molecular formula is C44H50F2N12O4. The average Bonchev–Trinajstić information content (AvgIpc) is 3.99. The second-order valence-electron chi connectivity index (χ2n) is 17.3. The molecule has 10 rings (SSSR count). The van der Waals surface area contributed by atoms with Gasteiger partial charge in [0.1, 0.15) is 11.6 Å². The molecule has 3 aromatic heterocycles. The maximum absolute atomic E-state index is 13.7. The largest absolute Gasteiger partial charge is 0.372 e. The maximum atomic E-state index is 13.7. The summed E-state index contributed by atoms with van der Waals surface area (Å²) in [7, 11) is 0. The minimum Gasteiger partial charge on any atom is -0.372 e. The molecule has 4 fully saturated rings. The number of imide groups is 1. The number of fused-ring (bicyclic) bond motifs is 3. The normalized spacial score (nSPS) is 21.1. The van der Waals surface area contributed by atoms with E-state index in [9.17, 15) is 28.0 Å². The predicted molar refractivity (Wildman–Crippen MR) is 227 cm³/mol. The summed E-state index contributed by atoms with van der Waals surface area (Å²) >= 11 is 0. The van der Waals surface area contributed by atoms with Gasteiger partial charge >= 0.3 is 0 Å². The fraction of sp³-hybridized carbons (Fsp3) is 0.477. The lowest BCUT2D eigenvalue weighted by Crippen LogP contribution is -2.52. The molecule has 8 heterocycles. The molecule has 18 heteroatoms. The summed E-state index contributed by atoms with van der Waals surface area (Å²) in [5, 5.41) is 15.8. The molecule has 4 saturated heterocycles. The standard InChI is InChI=1S/C44H50F2N12O4/c45-39(46)27-53-16-18-55(19-17-53)38-22-35-30(21-36(38)49-42(60)34-23-48-57-11-1-10-47-41(34)57)26-58(51-35)31-8-12-52(13-9-31)24-28-6-14-54(15-7-28)32-2-3-33-29(20-32)25-56(44(33)62)37-4-5-40(59)50-43(37)61/h1-3,10-11,20-23,26,28,31,37,39H,4-9,12-19,24-25,27H2,(H,49,60)(H,50,59,61). The zero-order valence-corrected chi connectivity index (χ0v) is 34.5. The molecule has 0 bridgehead atoms. The van der Waals surface area contributed by atoms with Crippen molar-refractivity contribution in [2.24, 2.45) is 5.92 Å². The summed E-state index contributed by atoms with van der Waals surface area (Å²) in [4.78, 5) is 65.9. The molecule has 5 aromatic rings. The highest BCUT2D eigenvalue weighted by Gasteiger charge is 2.39. The van der Waals surface area contributed by atoms with Crippen LogP contribution >= 0.6 is 0 Å². The van der Waals surface area contributed by atoms with Gasteiger partial charge in [-0.3, -0.25) is 34.1 Å². The number of likely N-dealkylation sites (tertiary alicyclic amines) is 1. The van der Waals surface area contributed by atoms with Gasteiger partial charge in [-0.25, -0.2) is 18.3 Å². The van der Waals surface area contributed by atoms with Gasteiger partial charge < -0.3 is 24.9 Å². The van der Waals surface area contributed by atoms with Gasteiger partial charge in [-0.05, 0) is 80.0 Å². The Labute approximate surface area is 356 Å². The highest BCUT2D eigenvalue weighted by molar-refractivity contribution is 6.10. The van der Waals surface area contributed by atoms with Crippen LogP contribution in [-0.4, -0.2) is 141 Å². The number of halogens is 2. The summed E-state index contributed by atoms with van der Waals surface area (Å²) in [5.41, 5.74) is 5.73. The van der Waals surface area contributed by atoms with Crippen LogP contribution < -0.4 is 20.4 Å². The van der Waals surface area contributed by atoms with Crippen LogP contribution in [0, 0.1) is 5.92 Å². The number of nitrogens with one attached hydrogen (secondary N) is 2. The highest BCUT2D eigenvalue weighted by atomic mass is 19.3. The van der Waals surface area contributed by atoms with Crippen LogP contribution in [-0.2, 0) is 16.1 Å². The van der Waals surface area contributed by atoms with Crippen LogP contribution in [0.5, 0.6) is 0 Å². The van der Waals surface area contributed by atoms with Crippen LogP contribution in [0.15, 0.2) is 61.2 Å². The summed E-state index contributed by atoms with van der Waals surface area (Å²) < 4.78 is 30.0. The third-order valence-corrected chi connectivity index (χ3v) is 13.5. The number of rotatable bonds is 10. The van der Waals surface area contributed by atoms with Crippen LogP contribution in [0.3, 0.4) is 0 Å². The van der Waals surface area contributed by atoms with Gasteiger partial charge in [0.05, 0.1) is 35.7 Å². The van der Waals surface area contributed by atoms with Crippen molar-refractivity contribution in [3.8, 4) is 0 Å². The Kier molecular flexibility index (Phi) is 10.8. The first-order valence-corrected chi connectivity index (χ1v) is 21.8.